The molecule has 0 heterocycles. The van der Waals surface area contributed by atoms with E-state index in [0.717, 1.165) is 0 Å². The van der Waals surface area contributed by atoms with E-state index in [4.69, 9.17) is 22.1 Å². The lowest BCUT2D eigenvalue weighted by Crippen LogP contribution is -2.33. The smallest absolute Gasteiger partial charge is 0.410 e. The van der Waals surface area contributed by atoms with Crippen LogP contribution in [0.15, 0.2) is 42.5 Å². The molecule has 0 radical (unpaired) electrons. The number of ether oxygens (including phenoxy) is 2. The standard InChI is InChI=1S/C20H21ClN2O5/c1-12(18(24)13-5-4-6-16(21)9-13)28-20(26)23(2)11-15-8-7-14(10-17(15)22)19(25)27-3/h4-10,12H,11,22H2,1-3H3. The molecular formula is C20H21ClN2O5. The highest BCUT2D eigenvalue weighted by molar-refractivity contribution is 6.31. The molecule has 0 aliphatic rings. The van der Waals surface area contributed by atoms with Crippen LogP contribution >= 0.6 is 11.6 Å². The number of ketones is 1. The Morgan fingerprint density at radius 3 is 2.46 bits per heavy atom. The summed E-state index contributed by atoms with van der Waals surface area (Å²) in [5.74, 6) is -0.856. The number of carbonyl (C=O) groups excluding carboxylic acids is 3. The maximum atomic E-state index is 12.4. The molecule has 0 aromatic heterocycles. The average Bonchev–Trinajstić information content (AvgIpc) is 2.67. The first-order valence-corrected chi connectivity index (χ1v) is 8.79. The number of nitrogens with zero attached hydrogens (tertiary/aromatic N) is 1. The summed E-state index contributed by atoms with van der Waals surface area (Å²) in [6.45, 7) is 1.64. The molecule has 0 fully saturated rings. The van der Waals surface area contributed by atoms with Gasteiger partial charge in [0, 0.05) is 23.3 Å². The van der Waals surface area contributed by atoms with E-state index >= 15 is 0 Å². The number of rotatable bonds is 6. The summed E-state index contributed by atoms with van der Waals surface area (Å²) >= 11 is 5.89. The number of esters is 1. The van der Waals surface area contributed by atoms with Gasteiger partial charge in [-0.3, -0.25) is 4.79 Å². The number of carbonyl (C=O) groups is 3. The molecule has 0 saturated heterocycles. The van der Waals surface area contributed by atoms with Crippen LogP contribution in [0.4, 0.5) is 10.5 Å². The van der Waals surface area contributed by atoms with Crippen molar-refractivity contribution in [1.82, 2.24) is 4.90 Å². The molecule has 28 heavy (non-hydrogen) atoms. The Bertz CT molecular complexity index is 900. The molecule has 1 unspecified atom stereocenters. The molecule has 0 aliphatic heterocycles. The summed E-state index contributed by atoms with van der Waals surface area (Å²) in [5, 5.41) is 0.423. The molecule has 0 bridgehead atoms. The van der Waals surface area contributed by atoms with Crippen LogP contribution in [-0.2, 0) is 16.0 Å². The van der Waals surface area contributed by atoms with Gasteiger partial charge in [-0.15, -0.1) is 0 Å². The van der Waals surface area contributed by atoms with Gasteiger partial charge in [-0.05, 0) is 36.8 Å². The zero-order chi connectivity index (χ0) is 20.8. The van der Waals surface area contributed by atoms with Crippen LogP contribution < -0.4 is 5.73 Å². The summed E-state index contributed by atoms with van der Waals surface area (Å²) < 4.78 is 9.88. The quantitative estimate of drug-likeness (QED) is 0.449. The molecule has 2 N–H and O–H groups in total. The second-order valence-electron chi connectivity index (χ2n) is 6.16. The van der Waals surface area contributed by atoms with Crippen molar-refractivity contribution >= 4 is 35.1 Å². The van der Waals surface area contributed by atoms with Gasteiger partial charge < -0.3 is 20.1 Å². The van der Waals surface area contributed by atoms with Crippen molar-refractivity contribution in [2.45, 2.75) is 19.6 Å². The molecule has 0 saturated carbocycles. The number of nitrogen functional groups attached to an aromatic ring is 1. The molecular weight excluding hydrogens is 384 g/mol. The lowest BCUT2D eigenvalue weighted by Gasteiger charge is -2.21. The number of nitrogens with two attached hydrogens (primary N) is 1. The lowest BCUT2D eigenvalue weighted by molar-refractivity contribution is 0.0560. The molecule has 148 valence electrons. The minimum absolute atomic E-state index is 0.143. The van der Waals surface area contributed by atoms with Gasteiger partial charge in [0.1, 0.15) is 0 Å². The summed E-state index contributed by atoms with van der Waals surface area (Å²) in [6, 6.07) is 11.1. The van der Waals surface area contributed by atoms with E-state index in [9.17, 15) is 14.4 Å². The Kier molecular flexibility index (Phi) is 7.00. The molecule has 2 aromatic carbocycles. The predicted molar refractivity (Wildman–Crippen MR) is 105 cm³/mol. The van der Waals surface area contributed by atoms with E-state index < -0.39 is 18.2 Å². The Balaban J connectivity index is 2.00. The number of methoxy groups -OCH3 is 1. The van der Waals surface area contributed by atoms with Gasteiger partial charge in [-0.2, -0.15) is 0 Å². The van der Waals surface area contributed by atoms with Crippen LogP contribution in [0.2, 0.25) is 5.02 Å². The van der Waals surface area contributed by atoms with Gasteiger partial charge in [0.05, 0.1) is 19.2 Å². The Morgan fingerprint density at radius 2 is 1.86 bits per heavy atom. The fourth-order valence-electron chi connectivity index (χ4n) is 2.47. The van der Waals surface area contributed by atoms with E-state index in [1.807, 2.05) is 0 Å². The van der Waals surface area contributed by atoms with E-state index in [1.54, 1.807) is 30.3 Å². The van der Waals surface area contributed by atoms with E-state index in [-0.39, 0.29) is 12.3 Å². The van der Waals surface area contributed by atoms with E-state index in [2.05, 4.69) is 4.74 Å². The SMILES string of the molecule is COC(=O)c1ccc(CN(C)C(=O)OC(C)C(=O)c2cccc(Cl)c2)c(N)c1. The third kappa shape index (κ3) is 5.23. The molecule has 7 nitrogen and oxygen atoms in total. The van der Waals surface area contributed by atoms with Gasteiger partial charge in [-0.25, -0.2) is 9.59 Å². The Morgan fingerprint density at radius 1 is 1.14 bits per heavy atom. The van der Waals surface area contributed by atoms with Crippen LogP contribution in [0.3, 0.4) is 0 Å². The first-order chi connectivity index (χ1) is 13.2. The molecule has 0 spiro atoms. The van der Waals surface area contributed by atoms with Crippen molar-refractivity contribution in [3.8, 4) is 0 Å². The van der Waals surface area contributed by atoms with Crippen LogP contribution in [0.25, 0.3) is 0 Å². The lowest BCUT2D eigenvalue weighted by atomic mass is 10.1. The Labute approximate surface area is 168 Å². The maximum absolute atomic E-state index is 12.4. The zero-order valence-electron chi connectivity index (χ0n) is 15.8. The molecule has 0 aliphatic carbocycles. The molecule has 2 aromatic rings. The van der Waals surface area contributed by atoms with Crippen molar-refractivity contribution in [3.63, 3.8) is 0 Å². The topological polar surface area (TPSA) is 98.9 Å². The van der Waals surface area contributed by atoms with E-state index in [1.165, 1.54) is 38.1 Å². The number of halogens is 1. The summed E-state index contributed by atoms with van der Waals surface area (Å²) in [7, 11) is 2.80. The Hall–Kier alpha value is -3.06. The second-order valence-corrected chi connectivity index (χ2v) is 6.60. The first-order valence-electron chi connectivity index (χ1n) is 8.41. The first kappa shape index (κ1) is 21.2. The average molecular weight is 405 g/mol. The predicted octanol–water partition coefficient (Wildman–Crippen LogP) is 3.55. The van der Waals surface area contributed by atoms with Crippen molar-refractivity contribution in [2.24, 2.45) is 0 Å². The normalized spacial score (nSPS) is 11.4. The van der Waals surface area contributed by atoms with Gasteiger partial charge in [0.15, 0.2) is 6.10 Å². The molecule has 8 heteroatoms. The highest BCUT2D eigenvalue weighted by Crippen LogP contribution is 2.18. The molecule has 1 atom stereocenters. The van der Waals surface area contributed by atoms with Crippen LogP contribution in [-0.4, -0.2) is 43.0 Å². The fraction of sp³-hybridized carbons (Fsp3) is 0.250. The van der Waals surface area contributed by atoms with Gasteiger partial charge >= 0.3 is 12.1 Å². The van der Waals surface area contributed by atoms with Gasteiger partial charge in [-0.1, -0.05) is 29.8 Å². The number of amides is 1. The third-order valence-corrected chi connectivity index (χ3v) is 4.28. The van der Waals surface area contributed by atoms with Crippen LogP contribution in [0.1, 0.15) is 33.2 Å². The zero-order valence-corrected chi connectivity index (χ0v) is 16.5. The van der Waals surface area contributed by atoms with E-state index in [0.29, 0.717) is 27.4 Å². The fourth-order valence-corrected chi connectivity index (χ4v) is 2.67. The summed E-state index contributed by atoms with van der Waals surface area (Å²) in [5.41, 5.74) is 7.59. The number of Topliss-reactive ketones (excluding diaryl/α,β-unsaturated/α-hetero) is 1. The third-order valence-electron chi connectivity index (χ3n) is 4.04. The minimum atomic E-state index is -0.979. The highest BCUT2D eigenvalue weighted by Gasteiger charge is 2.22. The number of hydrogen-bond donors (Lipinski definition) is 1. The van der Waals surface area contributed by atoms with Crippen LogP contribution in [0.5, 0.6) is 0 Å². The van der Waals surface area contributed by atoms with Gasteiger partial charge in [0.25, 0.3) is 0 Å². The number of benzene rings is 2. The minimum Gasteiger partial charge on any atom is -0.465 e. The molecule has 1 amide bonds. The second kappa shape index (κ2) is 9.23. The largest absolute Gasteiger partial charge is 0.465 e. The monoisotopic (exact) mass is 404 g/mol. The maximum Gasteiger partial charge on any atom is 0.410 e. The summed E-state index contributed by atoms with van der Waals surface area (Å²) in [6.07, 6.45) is -1.66. The van der Waals surface area contributed by atoms with Crippen molar-refractivity contribution in [2.75, 3.05) is 19.9 Å². The van der Waals surface area contributed by atoms with Crippen molar-refractivity contribution in [1.29, 1.82) is 0 Å². The van der Waals surface area contributed by atoms with Crippen molar-refractivity contribution in [3.05, 3.63) is 64.2 Å². The van der Waals surface area contributed by atoms with Gasteiger partial charge in [0.2, 0.25) is 5.78 Å². The molecule has 2 rings (SSSR count). The summed E-state index contributed by atoms with van der Waals surface area (Å²) in [4.78, 5) is 37.5. The number of anilines is 1. The van der Waals surface area contributed by atoms with Crippen molar-refractivity contribution < 1.29 is 23.9 Å². The van der Waals surface area contributed by atoms with Crippen LogP contribution in [0, 0.1) is 0 Å². The highest BCUT2D eigenvalue weighted by atomic mass is 35.5. The number of hydrogen-bond acceptors (Lipinski definition) is 6.